The Balaban J connectivity index is 1.15. The Bertz CT molecular complexity index is 1560. The van der Waals surface area contributed by atoms with Gasteiger partial charge in [-0.05, 0) is 54.5 Å². The van der Waals surface area contributed by atoms with Crippen LogP contribution in [0.1, 0.15) is 40.2 Å². The molecule has 0 radical (unpaired) electrons. The minimum absolute atomic E-state index is 0.0745. The number of nitrogens with zero attached hydrogens (tertiary/aromatic N) is 4. The molecule has 41 heavy (non-hydrogen) atoms. The molecule has 10 nitrogen and oxygen atoms in total. The zero-order valence-corrected chi connectivity index (χ0v) is 24.4. The van der Waals surface area contributed by atoms with Crippen LogP contribution in [-0.2, 0) is 51.5 Å². The normalized spacial score (nSPS) is 11.2. The van der Waals surface area contributed by atoms with Gasteiger partial charge in [0.25, 0.3) is 0 Å². The van der Waals surface area contributed by atoms with Gasteiger partial charge in [0.05, 0.1) is 24.3 Å². The van der Waals surface area contributed by atoms with Gasteiger partial charge in [-0.2, -0.15) is 5.10 Å². The summed E-state index contributed by atoms with van der Waals surface area (Å²) in [7, 11) is -3.04. The van der Waals surface area contributed by atoms with Crippen LogP contribution < -0.4 is 10.6 Å². The second-order valence-corrected chi connectivity index (χ2v) is 13.1. The van der Waals surface area contributed by atoms with Crippen molar-refractivity contribution in [2.75, 3.05) is 22.6 Å². The molecule has 0 aliphatic heterocycles. The molecule has 0 unspecified atom stereocenters. The quantitative estimate of drug-likeness (QED) is 0.210. The number of benzene rings is 2. The Labute approximate surface area is 243 Å². The van der Waals surface area contributed by atoms with Gasteiger partial charge in [-0.1, -0.05) is 65.9 Å². The molecule has 0 spiro atoms. The van der Waals surface area contributed by atoms with E-state index in [2.05, 4.69) is 31.0 Å². The highest BCUT2D eigenvalue weighted by Crippen LogP contribution is 2.18. The summed E-state index contributed by atoms with van der Waals surface area (Å²) in [4.78, 5) is 24.7. The summed E-state index contributed by atoms with van der Waals surface area (Å²) >= 11 is 1.35. The predicted molar refractivity (Wildman–Crippen MR) is 160 cm³/mol. The highest BCUT2D eigenvalue weighted by molar-refractivity contribution is 7.90. The number of carbonyl (C=O) groups is 2. The molecule has 2 N–H and O–H groups in total. The van der Waals surface area contributed by atoms with Crippen LogP contribution in [0.4, 0.5) is 10.9 Å². The van der Waals surface area contributed by atoms with E-state index in [4.69, 9.17) is 0 Å². The first-order valence-electron chi connectivity index (χ1n) is 13.3. The van der Waals surface area contributed by atoms with Gasteiger partial charge in [-0.15, -0.1) is 15.3 Å². The zero-order valence-electron chi connectivity index (χ0n) is 22.7. The first kappa shape index (κ1) is 29.9. The van der Waals surface area contributed by atoms with Crippen molar-refractivity contribution in [1.29, 1.82) is 0 Å². The first-order valence-corrected chi connectivity index (χ1v) is 16.1. The van der Waals surface area contributed by atoms with Crippen LogP contribution in [0.5, 0.6) is 0 Å². The van der Waals surface area contributed by atoms with Gasteiger partial charge in [-0.3, -0.25) is 9.59 Å². The third-order valence-corrected chi connectivity index (χ3v) is 7.94. The second-order valence-electron chi connectivity index (χ2n) is 9.75. The average molecular weight is 593 g/mol. The summed E-state index contributed by atoms with van der Waals surface area (Å²) in [5, 5.41) is 23.5. The molecule has 12 heteroatoms. The standard InChI is InChI=1S/C29H32N6O4S2/c1-41(38,39)17-16-22-10-7-11-23(18-22)20-27(37)31-29-35-34-28(40-29)13-6-5-12-24-14-15-25(33-32-24)30-26(36)19-21-8-3-2-4-9-21/h2-4,7-11,14-15,18H,5-6,12-13,16-17,19-20H2,1H3,(H,30,33,36)(H,31,35,37). The highest BCUT2D eigenvalue weighted by atomic mass is 32.2. The van der Waals surface area contributed by atoms with Crippen LogP contribution in [0.3, 0.4) is 0 Å². The topological polar surface area (TPSA) is 144 Å². The van der Waals surface area contributed by atoms with Gasteiger partial charge in [0, 0.05) is 12.7 Å². The van der Waals surface area contributed by atoms with E-state index in [1.54, 1.807) is 6.07 Å². The predicted octanol–water partition coefficient (Wildman–Crippen LogP) is 3.84. The number of anilines is 2. The number of nitrogens with one attached hydrogen (secondary N) is 2. The average Bonchev–Trinajstić information content (AvgIpc) is 3.38. The molecule has 2 heterocycles. The molecule has 0 aliphatic carbocycles. The van der Waals surface area contributed by atoms with Crippen molar-refractivity contribution >= 4 is 43.9 Å². The minimum Gasteiger partial charge on any atom is -0.309 e. The van der Waals surface area contributed by atoms with Gasteiger partial charge in [0.1, 0.15) is 14.8 Å². The highest BCUT2D eigenvalue weighted by Gasteiger charge is 2.11. The zero-order chi connectivity index (χ0) is 29.1. The smallest absolute Gasteiger partial charge is 0.230 e. The lowest BCUT2D eigenvalue weighted by molar-refractivity contribution is -0.116. The number of hydrogen-bond acceptors (Lipinski definition) is 9. The monoisotopic (exact) mass is 592 g/mol. The van der Waals surface area contributed by atoms with Crippen LogP contribution >= 0.6 is 11.3 Å². The van der Waals surface area contributed by atoms with Crippen molar-refractivity contribution in [3.63, 3.8) is 0 Å². The molecule has 2 aromatic carbocycles. The summed E-state index contributed by atoms with van der Waals surface area (Å²) < 4.78 is 22.8. The summed E-state index contributed by atoms with van der Waals surface area (Å²) in [6.07, 6.45) is 5.31. The molecule has 0 fully saturated rings. The molecule has 2 amide bonds. The van der Waals surface area contributed by atoms with Crippen molar-refractivity contribution in [3.8, 4) is 0 Å². The Morgan fingerprint density at radius 2 is 1.44 bits per heavy atom. The van der Waals surface area contributed by atoms with Crippen LogP contribution in [0, 0.1) is 0 Å². The maximum atomic E-state index is 12.5. The van der Waals surface area contributed by atoms with E-state index >= 15 is 0 Å². The summed E-state index contributed by atoms with van der Waals surface area (Å²) in [5.74, 6) is 0.163. The molecule has 0 saturated carbocycles. The molecular weight excluding hydrogens is 560 g/mol. The SMILES string of the molecule is CS(=O)(=O)CCc1cccc(CC(=O)Nc2nnc(CCCCc3ccc(NC(=O)Cc4ccccc4)nn3)s2)c1. The lowest BCUT2D eigenvalue weighted by Gasteiger charge is -2.05. The Morgan fingerprint density at radius 3 is 2.20 bits per heavy atom. The summed E-state index contributed by atoms with van der Waals surface area (Å²) in [6.45, 7) is 0. The largest absolute Gasteiger partial charge is 0.309 e. The van der Waals surface area contributed by atoms with Crippen LogP contribution in [0.15, 0.2) is 66.7 Å². The molecule has 214 valence electrons. The van der Waals surface area contributed by atoms with E-state index in [1.807, 2.05) is 60.7 Å². The number of amides is 2. The van der Waals surface area contributed by atoms with E-state index in [9.17, 15) is 18.0 Å². The number of aromatic nitrogens is 4. The van der Waals surface area contributed by atoms with E-state index in [-0.39, 0.29) is 30.4 Å². The molecular formula is C29H32N6O4S2. The maximum Gasteiger partial charge on any atom is 0.230 e. The number of rotatable bonds is 14. The van der Waals surface area contributed by atoms with Crippen molar-refractivity contribution in [3.05, 3.63) is 94.1 Å². The molecule has 0 aliphatic rings. The lowest BCUT2D eigenvalue weighted by atomic mass is 10.1. The van der Waals surface area contributed by atoms with E-state index in [0.29, 0.717) is 17.4 Å². The number of aryl methyl sites for hydroxylation is 3. The molecule has 4 rings (SSSR count). The second kappa shape index (κ2) is 14.6. The molecule has 0 atom stereocenters. The Hall–Kier alpha value is -4.03. The number of sulfone groups is 1. The third kappa shape index (κ3) is 10.8. The van der Waals surface area contributed by atoms with Crippen LogP contribution in [0.2, 0.25) is 0 Å². The fourth-order valence-electron chi connectivity index (χ4n) is 4.06. The van der Waals surface area contributed by atoms with Gasteiger partial charge < -0.3 is 10.6 Å². The Morgan fingerprint density at radius 1 is 0.732 bits per heavy atom. The minimum atomic E-state index is -3.04. The van der Waals surface area contributed by atoms with Gasteiger partial charge >= 0.3 is 0 Å². The van der Waals surface area contributed by atoms with E-state index in [1.165, 1.54) is 17.6 Å². The van der Waals surface area contributed by atoms with E-state index in [0.717, 1.165) is 53.1 Å². The van der Waals surface area contributed by atoms with Crippen molar-refractivity contribution < 1.29 is 18.0 Å². The number of carbonyl (C=O) groups excluding carboxylic acids is 2. The summed E-state index contributed by atoms with van der Waals surface area (Å²) in [5.41, 5.74) is 3.47. The summed E-state index contributed by atoms with van der Waals surface area (Å²) in [6, 6.07) is 20.5. The van der Waals surface area contributed by atoms with Gasteiger partial charge in [-0.25, -0.2) is 8.42 Å². The van der Waals surface area contributed by atoms with Crippen molar-refractivity contribution in [2.24, 2.45) is 0 Å². The molecule has 4 aromatic rings. The fourth-order valence-corrected chi connectivity index (χ4v) is 5.47. The van der Waals surface area contributed by atoms with Crippen LogP contribution in [0.25, 0.3) is 0 Å². The van der Waals surface area contributed by atoms with E-state index < -0.39 is 9.84 Å². The maximum absolute atomic E-state index is 12.5. The van der Waals surface area contributed by atoms with Gasteiger partial charge in [0.15, 0.2) is 5.82 Å². The molecule has 0 saturated heterocycles. The first-order chi connectivity index (χ1) is 19.7. The fraction of sp³-hybridized carbons (Fsp3) is 0.310. The third-order valence-electron chi connectivity index (χ3n) is 6.10. The molecule has 2 aromatic heterocycles. The number of hydrogen-bond donors (Lipinski definition) is 2. The van der Waals surface area contributed by atoms with Crippen LogP contribution in [-0.4, -0.2) is 52.6 Å². The van der Waals surface area contributed by atoms with Crippen molar-refractivity contribution in [1.82, 2.24) is 20.4 Å². The number of unbranched alkanes of at least 4 members (excludes halogenated alkanes) is 1. The molecule has 0 bridgehead atoms. The van der Waals surface area contributed by atoms with Gasteiger partial charge in [0.2, 0.25) is 16.9 Å². The van der Waals surface area contributed by atoms with Crippen molar-refractivity contribution in [2.45, 2.75) is 44.9 Å². The lowest BCUT2D eigenvalue weighted by Crippen LogP contribution is -2.15. The Kier molecular flexibility index (Phi) is 10.6.